The lowest BCUT2D eigenvalue weighted by Gasteiger charge is -2.49. The summed E-state index contributed by atoms with van der Waals surface area (Å²) in [7, 11) is 0. The van der Waals surface area contributed by atoms with E-state index in [1.807, 2.05) is 0 Å². The Hall–Kier alpha value is -2.18. The summed E-state index contributed by atoms with van der Waals surface area (Å²) < 4.78 is 51.6. The quantitative estimate of drug-likeness (QED) is 0.0534. The first kappa shape index (κ1) is 69.7. The molecule has 0 spiro atoms. The van der Waals surface area contributed by atoms with Gasteiger partial charge in [0.2, 0.25) is 0 Å². The second-order valence-corrected chi connectivity index (χ2v) is 23.1. The summed E-state index contributed by atoms with van der Waals surface area (Å²) in [5, 5.41) is 257. The van der Waals surface area contributed by atoms with Gasteiger partial charge in [-0.05, 0) is 37.5 Å². The highest BCUT2D eigenvalue weighted by Crippen LogP contribution is 2.37. The summed E-state index contributed by atoms with van der Waals surface area (Å²) in [6, 6.07) is -7.35. The molecule has 37 atom stereocenters. The third kappa shape index (κ3) is 13.9. The predicted octanol–water partition coefficient (Wildman–Crippen LogP) is -14.9. The van der Waals surface area contributed by atoms with Crippen molar-refractivity contribution < 1.29 is 160 Å². The highest BCUT2D eigenvalue weighted by molar-refractivity contribution is 5.25. The monoisotopic (exact) mass is 1250 g/mol. The van der Waals surface area contributed by atoms with Crippen molar-refractivity contribution in [1.82, 2.24) is 16.0 Å². The van der Waals surface area contributed by atoms with E-state index in [-0.39, 0.29) is 16.7 Å². The third-order valence-corrected chi connectivity index (χ3v) is 17.4. The maximum absolute atomic E-state index is 11.5. The molecule has 86 heavy (non-hydrogen) atoms. The van der Waals surface area contributed by atoms with Crippen molar-refractivity contribution >= 4 is 0 Å². The lowest BCUT2D eigenvalue weighted by atomic mass is 9.86. The maximum Gasteiger partial charge on any atom is 0.187 e. The summed E-state index contributed by atoms with van der Waals surface area (Å²) in [4.78, 5) is 0. The van der Waals surface area contributed by atoms with Crippen molar-refractivity contribution in [3.8, 4) is 0 Å². The van der Waals surface area contributed by atoms with E-state index in [1.54, 1.807) is 0 Å². The summed E-state index contributed by atoms with van der Waals surface area (Å²) in [6.45, 7) is 0.0499. The van der Waals surface area contributed by atoms with Crippen LogP contribution in [0.5, 0.6) is 0 Å². The molecule has 37 unspecified atom stereocenters. The molecule has 3 aliphatic carbocycles. The van der Waals surface area contributed by atoms with E-state index in [0.29, 0.717) is 0 Å². The van der Waals surface area contributed by atoms with E-state index in [0.717, 1.165) is 0 Å². The van der Waals surface area contributed by atoms with Crippen molar-refractivity contribution in [3.05, 3.63) is 34.9 Å². The summed E-state index contributed by atoms with van der Waals surface area (Å²) in [5.74, 6) is 0. The molecule has 0 saturated carbocycles. The normalized spacial score (nSPS) is 52.3. The van der Waals surface area contributed by atoms with Gasteiger partial charge in [0.05, 0.1) is 87.6 Å². The lowest BCUT2D eigenvalue weighted by Crippen LogP contribution is -2.69. The van der Waals surface area contributed by atoms with Gasteiger partial charge in [0.1, 0.15) is 140 Å². The van der Waals surface area contributed by atoms with Crippen molar-refractivity contribution in [2.75, 3.05) is 33.0 Å². The minimum Gasteiger partial charge on any atom is -0.394 e. The van der Waals surface area contributed by atoms with E-state index < -0.39 is 259 Å². The fourth-order valence-corrected chi connectivity index (χ4v) is 12.3. The molecule has 5 fully saturated rings. The summed E-state index contributed by atoms with van der Waals surface area (Å²) >= 11 is 0. The zero-order chi connectivity index (χ0) is 63.2. The van der Waals surface area contributed by atoms with Gasteiger partial charge in [-0.3, -0.25) is 0 Å². The van der Waals surface area contributed by atoms with Crippen molar-refractivity contribution in [2.24, 2.45) is 0 Å². The van der Waals surface area contributed by atoms with Gasteiger partial charge >= 0.3 is 0 Å². The molecule has 5 heterocycles. The fourth-order valence-electron chi connectivity index (χ4n) is 12.3. The number of aliphatic hydroxyl groups is 23. The molecule has 0 aromatic carbocycles. The number of ether oxygens (including phenoxy) is 9. The van der Waals surface area contributed by atoms with Crippen LogP contribution in [-0.4, -0.2) is 377 Å². The minimum absolute atomic E-state index is 0.0252. The zero-order valence-electron chi connectivity index (χ0n) is 46.6. The lowest BCUT2D eigenvalue weighted by molar-refractivity contribution is -0.357. The molecule has 8 aliphatic rings. The highest BCUT2D eigenvalue weighted by atomic mass is 16.8. The van der Waals surface area contributed by atoms with E-state index >= 15 is 0 Å². The molecule has 35 nitrogen and oxygen atoms in total. The Bertz CT molecular complexity index is 2280. The van der Waals surface area contributed by atoms with E-state index in [9.17, 15) is 117 Å². The Balaban J connectivity index is 0.857. The number of nitrogens with one attached hydrogen (secondary N) is 3. The Kier molecular flexibility index (Phi) is 23.7. The van der Waals surface area contributed by atoms with Crippen LogP contribution in [0.1, 0.15) is 20.8 Å². The number of hydrogen-bond donors (Lipinski definition) is 26. The number of aliphatic hydroxyl groups excluding tert-OH is 23. The minimum atomic E-state index is -2.08. The third-order valence-electron chi connectivity index (χ3n) is 17.4. The predicted molar refractivity (Wildman–Crippen MR) is 276 cm³/mol. The van der Waals surface area contributed by atoms with Crippen LogP contribution in [0.4, 0.5) is 0 Å². The molecule has 0 amide bonds. The topological polar surface area (TPSA) is 584 Å². The molecule has 26 N–H and O–H groups in total. The van der Waals surface area contributed by atoms with Crippen LogP contribution in [0.15, 0.2) is 34.9 Å². The van der Waals surface area contributed by atoms with Gasteiger partial charge in [0, 0.05) is 0 Å². The van der Waals surface area contributed by atoms with Crippen molar-refractivity contribution in [3.63, 3.8) is 0 Å². The second-order valence-electron chi connectivity index (χ2n) is 23.1. The van der Waals surface area contributed by atoms with Crippen LogP contribution < -0.4 is 16.0 Å². The number of hydrogen-bond acceptors (Lipinski definition) is 35. The maximum atomic E-state index is 11.5. The van der Waals surface area contributed by atoms with E-state index in [1.165, 1.54) is 39.0 Å². The molecule has 5 saturated heterocycles. The van der Waals surface area contributed by atoms with E-state index in [4.69, 9.17) is 42.6 Å². The highest BCUT2D eigenvalue weighted by Gasteiger charge is 2.56. The molecular formula is C51H85N3O32. The average molecular weight is 1250 g/mol. The Morgan fingerprint density at radius 3 is 1.01 bits per heavy atom. The standard InChI is InChI=1S/C51H85N3O32/c1-12-23(30(64)38(72)47(77)78-12)53-19-5-16(8-56)43(34(68)28(19)62)83-50-41(75)37(71)46(22(11-59)81-50)86-49-40(74)32(66)25(14(3)80-49)54-20-6-17(9-57)44(35(69)29(20)63)84-51-42(76)36(70)45(21(10-58)82-51)85-48-39(73)31(65)24(13(2)79-48)52-18-4-15(7-55)26(60)33(67)27(18)61/h4-6,12-14,18-77H,7-11H2,1-3H3. The molecule has 5 aliphatic heterocycles. The molecule has 496 valence electrons. The van der Waals surface area contributed by atoms with Crippen LogP contribution in [-0.2, 0) is 42.6 Å². The first-order chi connectivity index (χ1) is 40.6. The van der Waals surface area contributed by atoms with E-state index in [2.05, 4.69) is 16.0 Å². The smallest absolute Gasteiger partial charge is 0.187 e. The Morgan fingerprint density at radius 2 is 0.651 bits per heavy atom. The van der Waals surface area contributed by atoms with Crippen LogP contribution >= 0.6 is 0 Å². The Morgan fingerprint density at radius 1 is 0.337 bits per heavy atom. The van der Waals surface area contributed by atoms with Gasteiger partial charge in [-0.2, -0.15) is 0 Å². The molecule has 8 rings (SSSR count). The van der Waals surface area contributed by atoms with Crippen LogP contribution in [0.3, 0.4) is 0 Å². The fraction of sp³-hybridized carbons (Fsp3) is 0.882. The molecule has 0 radical (unpaired) electrons. The summed E-state index contributed by atoms with van der Waals surface area (Å²) in [6.07, 6.45) is -50.1. The van der Waals surface area contributed by atoms with Crippen molar-refractivity contribution in [1.29, 1.82) is 0 Å². The first-order valence-corrected chi connectivity index (χ1v) is 28.2. The van der Waals surface area contributed by atoms with Crippen LogP contribution in [0.2, 0.25) is 0 Å². The van der Waals surface area contributed by atoms with Gasteiger partial charge in [-0.25, -0.2) is 0 Å². The van der Waals surface area contributed by atoms with Gasteiger partial charge in [0.25, 0.3) is 0 Å². The molecule has 0 aromatic rings. The Labute approximate surface area is 490 Å². The van der Waals surface area contributed by atoms with Crippen LogP contribution in [0, 0.1) is 0 Å². The second kappa shape index (κ2) is 29.2. The molecular weight excluding hydrogens is 1170 g/mol. The van der Waals surface area contributed by atoms with Gasteiger partial charge in [-0.15, -0.1) is 0 Å². The average Bonchev–Trinajstić information content (AvgIpc) is 1.05. The summed E-state index contributed by atoms with van der Waals surface area (Å²) in [5.41, 5.74) is -0.269. The molecule has 0 bridgehead atoms. The first-order valence-electron chi connectivity index (χ1n) is 28.2. The largest absolute Gasteiger partial charge is 0.394 e. The van der Waals surface area contributed by atoms with Gasteiger partial charge in [-0.1, -0.05) is 18.2 Å². The number of rotatable bonds is 19. The van der Waals surface area contributed by atoms with Gasteiger partial charge < -0.3 is 176 Å². The zero-order valence-corrected chi connectivity index (χ0v) is 46.6. The van der Waals surface area contributed by atoms with Gasteiger partial charge in [0.15, 0.2) is 31.5 Å². The molecule has 35 heteroatoms. The molecule has 0 aromatic heterocycles. The van der Waals surface area contributed by atoms with Crippen molar-refractivity contribution in [2.45, 2.75) is 247 Å². The van der Waals surface area contributed by atoms with Crippen LogP contribution in [0.25, 0.3) is 0 Å². The SMILES string of the molecule is CC1OC(O)C(O)C(O)C1NC1C=C(CO)C(OC2OC(CO)C(OC3OC(C)C(NC4C=C(CO)C(OC5OC(CO)C(OC6OC(C)C(NC7C=C(CO)C(O)C(O)C7O)C(O)C6O)C(O)C5O)C(O)C4O)C(O)C3O)C(O)C2O)C(O)C1O.